The van der Waals surface area contributed by atoms with E-state index in [2.05, 4.69) is 26.2 Å². The van der Waals surface area contributed by atoms with Crippen LogP contribution in [0.25, 0.3) is 10.8 Å². The Balaban J connectivity index is 1.12. The van der Waals surface area contributed by atoms with Gasteiger partial charge in [-0.3, -0.25) is 19.2 Å². The largest absolute Gasteiger partial charge is 0.484 e. The van der Waals surface area contributed by atoms with Crippen LogP contribution in [0.2, 0.25) is 0 Å². The van der Waals surface area contributed by atoms with Gasteiger partial charge in [-0.05, 0) is 53.4 Å². The lowest BCUT2D eigenvalue weighted by Gasteiger charge is -2.29. The van der Waals surface area contributed by atoms with E-state index in [0.717, 1.165) is 37.0 Å². The first-order valence-corrected chi connectivity index (χ1v) is 15.9. The number of aromatic nitrogens is 1. The number of ether oxygens (including phenoxy) is 1. The highest BCUT2D eigenvalue weighted by Crippen LogP contribution is 2.53. The number of hydrogen-bond acceptors (Lipinski definition) is 7. The average Bonchev–Trinajstić information content (AvgIpc) is 3.51. The van der Waals surface area contributed by atoms with E-state index >= 15 is 0 Å². The van der Waals surface area contributed by atoms with E-state index in [9.17, 15) is 19.2 Å². The number of halogens is 1. The van der Waals surface area contributed by atoms with Crippen LogP contribution in [-0.2, 0) is 14.4 Å². The van der Waals surface area contributed by atoms with Gasteiger partial charge in [0, 0.05) is 26.3 Å². The molecule has 1 fully saturated rings. The van der Waals surface area contributed by atoms with Gasteiger partial charge < -0.3 is 15.0 Å². The Morgan fingerprint density at radius 2 is 1.65 bits per heavy atom. The van der Waals surface area contributed by atoms with Crippen molar-refractivity contribution in [3.05, 3.63) is 116 Å². The van der Waals surface area contributed by atoms with Crippen LogP contribution in [0.5, 0.6) is 5.75 Å². The van der Waals surface area contributed by atoms with Crippen LogP contribution in [-0.4, -0.2) is 34.6 Å². The normalized spacial score (nSPS) is 19.3. The van der Waals surface area contributed by atoms with Gasteiger partial charge in [-0.1, -0.05) is 87.6 Å². The van der Waals surface area contributed by atoms with Crippen LogP contribution in [0.3, 0.4) is 0 Å². The molecule has 3 heterocycles. The van der Waals surface area contributed by atoms with Gasteiger partial charge in [0.15, 0.2) is 6.61 Å². The molecule has 2 aliphatic heterocycles. The lowest BCUT2D eigenvalue weighted by molar-refractivity contribution is -0.122. The molecule has 0 bridgehead atoms. The fourth-order valence-corrected chi connectivity index (χ4v) is 8.44. The molecule has 11 heteroatoms. The molecule has 7 rings (SSSR count). The number of fused-ring (bicyclic) bond motifs is 3. The van der Waals surface area contributed by atoms with Crippen LogP contribution < -0.4 is 19.8 Å². The summed E-state index contributed by atoms with van der Waals surface area (Å²) < 4.78 is 6.62. The summed E-state index contributed by atoms with van der Waals surface area (Å²) in [5.41, 5.74) is 1.99. The first-order valence-electron chi connectivity index (χ1n) is 13.4. The fraction of sp³-hybridized carbons (Fsp3) is 0.125. The molecule has 8 nitrogen and oxygen atoms in total. The number of aromatic amines is 1. The summed E-state index contributed by atoms with van der Waals surface area (Å²) in [6.45, 7) is -0.188. The van der Waals surface area contributed by atoms with Crippen molar-refractivity contribution in [3.8, 4) is 5.75 Å². The SMILES string of the molecule is O=C(COc1ccc([C@H]2c3sc(=O)[nH]c3SC3C(=O)N(c4ccc(Br)cc4)C(=O)C32)cc1)Nc1cccc2ccccc12. The number of thioether (sulfide) groups is 1. The highest BCUT2D eigenvalue weighted by Gasteiger charge is 2.56. The summed E-state index contributed by atoms with van der Waals surface area (Å²) >= 11 is 5.70. The van der Waals surface area contributed by atoms with Gasteiger partial charge >= 0.3 is 4.87 Å². The zero-order valence-corrected chi connectivity index (χ0v) is 25.5. The molecule has 43 heavy (non-hydrogen) atoms. The Bertz CT molecular complexity index is 1950. The molecule has 1 saturated heterocycles. The standard InChI is InChI=1S/C32H22BrN3O5S2/c33-19-10-12-20(13-11-19)36-30(38)26-25(27-29(35-32(40)43-27)42-28(26)31(36)39)18-8-14-21(15-9-18)41-16-24(37)34-23-7-3-5-17-4-1-2-6-22(17)23/h1-15,25-26,28H,16H2,(H,34,37)(H,35,40)/t25-,26?,28?/m1/s1. The smallest absolute Gasteiger partial charge is 0.305 e. The molecule has 214 valence electrons. The average molecular weight is 673 g/mol. The number of carbonyl (C=O) groups is 3. The van der Waals surface area contributed by atoms with Gasteiger partial charge in [-0.25, -0.2) is 4.90 Å². The first-order chi connectivity index (χ1) is 20.9. The van der Waals surface area contributed by atoms with Gasteiger partial charge in [-0.2, -0.15) is 0 Å². The second kappa shape index (κ2) is 11.1. The molecule has 0 aliphatic carbocycles. The third-order valence-electron chi connectivity index (χ3n) is 7.58. The van der Waals surface area contributed by atoms with Crippen molar-refractivity contribution in [2.24, 2.45) is 5.92 Å². The van der Waals surface area contributed by atoms with Crippen LogP contribution in [0.1, 0.15) is 16.4 Å². The number of rotatable bonds is 6. The Morgan fingerprint density at radius 1 is 0.907 bits per heavy atom. The molecule has 4 aromatic carbocycles. The summed E-state index contributed by atoms with van der Waals surface area (Å²) in [5, 5.41) is 4.82. The van der Waals surface area contributed by atoms with Crippen molar-refractivity contribution in [3.63, 3.8) is 0 Å². The minimum absolute atomic E-state index is 0.188. The molecule has 1 aromatic heterocycles. The summed E-state index contributed by atoms with van der Waals surface area (Å²) in [6, 6.07) is 27.7. The Hall–Kier alpha value is -4.19. The van der Waals surface area contributed by atoms with E-state index in [4.69, 9.17) is 4.74 Å². The highest BCUT2D eigenvalue weighted by molar-refractivity contribution is 9.10. The summed E-state index contributed by atoms with van der Waals surface area (Å²) in [5.74, 6) is -1.60. The molecule has 2 aliphatic rings. The van der Waals surface area contributed by atoms with Crippen molar-refractivity contribution in [2.75, 3.05) is 16.8 Å². The Morgan fingerprint density at radius 3 is 2.44 bits per heavy atom. The van der Waals surface area contributed by atoms with Gasteiger partial charge in [0.25, 0.3) is 5.91 Å². The second-order valence-corrected chi connectivity index (χ2v) is 13.3. The lowest BCUT2D eigenvalue weighted by atomic mass is 9.83. The summed E-state index contributed by atoms with van der Waals surface area (Å²) in [7, 11) is 0. The molecule has 0 spiro atoms. The number of nitrogens with one attached hydrogen (secondary N) is 2. The number of imide groups is 1. The number of H-pyrrole nitrogens is 1. The van der Waals surface area contributed by atoms with Gasteiger partial charge in [0.1, 0.15) is 11.0 Å². The van der Waals surface area contributed by atoms with E-state index in [-0.39, 0.29) is 29.2 Å². The molecule has 5 aromatic rings. The molecule has 2 N–H and O–H groups in total. The number of carbonyl (C=O) groups excluding carboxylic acids is 3. The number of hydrogen-bond donors (Lipinski definition) is 2. The van der Waals surface area contributed by atoms with E-state index in [1.54, 1.807) is 36.4 Å². The van der Waals surface area contributed by atoms with Crippen molar-refractivity contribution >= 4 is 78.9 Å². The van der Waals surface area contributed by atoms with Crippen molar-refractivity contribution < 1.29 is 19.1 Å². The zero-order valence-electron chi connectivity index (χ0n) is 22.3. The summed E-state index contributed by atoms with van der Waals surface area (Å²) in [6.07, 6.45) is 0. The van der Waals surface area contributed by atoms with Gasteiger partial charge in [0.05, 0.1) is 16.6 Å². The van der Waals surface area contributed by atoms with E-state index < -0.39 is 17.1 Å². The monoisotopic (exact) mass is 671 g/mol. The van der Waals surface area contributed by atoms with Crippen LogP contribution in [0.15, 0.2) is 105 Å². The minimum atomic E-state index is -0.682. The van der Waals surface area contributed by atoms with Crippen LogP contribution in [0.4, 0.5) is 11.4 Å². The number of thiazole rings is 1. The molecule has 3 atom stereocenters. The number of benzene rings is 4. The molecular formula is C32H22BrN3O5S2. The fourth-order valence-electron chi connectivity index (χ4n) is 5.66. The molecule has 3 amide bonds. The van der Waals surface area contributed by atoms with Crippen LogP contribution in [0, 0.1) is 5.92 Å². The van der Waals surface area contributed by atoms with E-state index in [1.807, 2.05) is 54.6 Å². The number of amides is 3. The molecule has 0 saturated carbocycles. The van der Waals surface area contributed by atoms with Gasteiger partial charge in [-0.15, -0.1) is 0 Å². The third-order valence-corrected chi connectivity index (χ3v) is 10.5. The Kier molecular flexibility index (Phi) is 7.16. The number of nitrogens with zero attached hydrogens (tertiary/aromatic N) is 1. The zero-order chi connectivity index (χ0) is 29.7. The number of anilines is 2. The van der Waals surface area contributed by atoms with E-state index in [0.29, 0.717) is 22.2 Å². The minimum Gasteiger partial charge on any atom is -0.484 e. The topological polar surface area (TPSA) is 109 Å². The molecule has 2 unspecified atom stereocenters. The highest BCUT2D eigenvalue weighted by atomic mass is 79.9. The summed E-state index contributed by atoms with van der Waals surface area (Å²) in [4.78, 5) is 57.0. The maximum Gasteiger partial charge on any atom is 0.305 e. The van der Waals surface area contributed by atoms with Crippen LogP contribution >= 0.6 is 39.0 Å². The van der Waals surface area contributed by atoms with Crippen molar-refractivity contribution in [2.45, 2.75) is 16.2 Å². The van der Waals surface area contributed by atoms with Crippen molar-refractivity contribution in [1.29, 1.82) is 0 Å². The molecular weight excluding hydrogens is 650 g/mol. The predicted molar refractivity (Wildman–Crippen MR) is 171 cm³/mol. The quantitative estimate of drug-likeness (QED) is 0.209. The Labute approximate surface area is 262 Å². The maximum atomic E-state index is 13.8. The predicted octanol–water partition coefficient (Wildman–Crippen LogP) is 6.17. The third kappa shape index (κ3) is 5.07. The van der Waals surface area contributed by atoms with Crippen molar-refractivity contribution in [1.82, 2.24) is 4.98 Å². The lowest BCUT2D eigenvalue weighted by Crippen LogP contribution is -2.32. The second-order valence-electron chi connectivity index (χ2n) is 10.2. The van der Waals surface area contributed by atoms with Gasteiger partial charge in [0.2, 0.25) is 11.8 Å². The van der Waals surface area contributed by atoms with E-state index in [1.165, 1.54) is 16.7 Å². The molecule has 0 radical (unpaired) electrons. The maximum absolute atomic E-state index is 13.8. The first kappa shape index (κ1) is 27.6.